The maximum Gasteiger partial charge on any atom is 0.326 e. The van der Waals surface area contributed by atoms with E-state index in [0.29, 0.717) is 44.2 Å². The van der Waals surface area contributed by atoms with Crippen molar-refractivity contribution in [3.05, 3.63) is 35.9 Å². The van der Waals surface area contributed by atoms with Crippen LogP contribution in [0.3, 0.4) is 0 Å². The fraction of sp³-hybridized carbons (Fsp3) is 0.610. The summed E-state index contributed by atoms with van der Waals surface area (Å²) in [4.78, 5) is 131. The number of hydrogen-bond acceptors (Lipinski definition) is 12. The number of nitrogens with one attached hydrogen (secondary N) is 6. The lowest BCUT2D eigenvalue weighted by Gasteiger charge is -2.31. The van der Waals surface area contributed by atoms with Crippen LogP contribution in [0.5, 0.6) is 0 Å². The second-order valence-electron chi connectivity index (χ2n) is 16.0. The van der Waals surface area contributed by atoms with Gasteiger partial charge >= 0.3 is 11.9 Å². The van der Waals surface area contributed by atoms with Crippen molar-refractivity contribution in [3.63, 3.8) is 0 Å². The zero-order valence-electron chi connectivity index (χ0n) is 35.9. The minimum atomic E-state index is -1.68. The van der Waals surface area contributed by atoms with Crippen molar-refractivity contribution in [3.8, 4) is 0 Å². The van der Waals surface area contributed by atoms with E-state index in [2.05, 4.69) is 31.9 Å². The Morgan fingerprint density at radius 1 is 0.698 bits per heavy atom. The van der Waals surface area contributed by atoms with Crippen LogP contribution in [0.1, 0.15) is 77.7 Å². The van der Waals surface area contributed by atoms with Gasteiger partial charge in [-0.15, -0.1) is 0 Å². The van der Waals surface area contributed by atoms with Crippen molar-refractivity contribution < 1.29 is 58.2 Å². The van der Waals surface area contributed by atoms with Gasteiger partial charge in [0.15, 0.2) is 0 Å². The highest BCUT2D eigenvalue weighted by atomic mass is 16.4. The molecule has 0 saturated carbocycles. The van der Waals surface area contributed by atoms with Gasteiger partial charge in [0.25, 0.3) is 0 Å². The van der Waals surface area contributed by atoms with E-state index >= 15 is 0 Å². The molecule has 2 aliphatic heterocycles. The van der Waals surface area contributed by atoms with Crippen LogP contribution in [0.4, 0.5) is 0 Å². The monoisotopic (exact) mass is 886 g/mol. The van der Waals surface area contributed by atoms with Crippen molar-refractivity contribution in [1.29, 1.82) is 0 Å². The summed E-state index contributed by atoms with van der Waals surface area (Å²) in [5, 5.41) is 33.6. The summed E-state index contributed by atoms with van der Waals surface area (Å²) in [7, 11) is 0. The number of carboxylic acids is 2. The van der Waals surface area contributed by atoms with E-state index in [4.69, 9.17) is 11.5 Å². The van der Waals surface area contributed by atoms with Gasteiger partial charge in [-0.2, -0.15) is 0 Å². The summed E-state index contributed by atoms with van der Waals surface area (Å²) < 4.78 is 0. The average Bonchev–Trinajstić information content (AvgIpc) is 3.95. The number of nitrogens with two attached hydrogens (primary N) is 2. The molecular weight excluding hydrogens is 825 g/mol. The SMILES string of the molecule is CC(C)[C@H](N)C(=O)N1CCC[C@H]1C(=O)N[C@@H](C)C(=O)N1CCC[C@H]1C(=O)N[C@@H](CC(=O)O)C(=O)NCC(=O)N[C@@H](CCCCN)C(=O)NCC(=O)N[C@@H](Cc1ccccc1)C(=O)O. The first-order valence-corrected chi connectivity index (χ1v) is 21.1. The maximum absolute atomic E-state index is 13.6. The number of rotatable bonds is 24. The summed E-state index contributed by atoms with van der Waals surface area (Å²) >= 11 is 0. The number of amides is 8. The van der Waals surface area contributed by atoms with Gasteiger partial charge in [0.1, 0.15) is 36.3 Å². The van der Waals surface area contributed by atoms with Gasteiger partial charge in [-0.1, -0.05) is 44.2 Å². The number of carbonyl (C=O) groups excluding carboxylic acids is 8. The quantitative estimate of drug-likeness (QED) is 0.0465. The van der Waals surface area contributed by atoms with E-state index in [1.807, 2.05) is 0 Å². The minimum absolute atomic E-state index is 0.00404. The van der Waals surface area contributed by atoms with Gasteiger partial charge in [-0.25, -0.2) is 4.79 Å². The zero-order chi connectivity index (χ0) is 46.8. The van der Waals surface area contributed by atoms with Crippen LogP contribution in [0.25, 0.3) is 0 Å². The topological polar surface area (TPSA) is 342 Å². The van der Waals surface area contributed by atoms with Crippen molar-refractivity contribution in [1.82, 2.24) is 41.7 Å². The molecule has 0 spiro atoms. The Morgan fingerprint density at radius 3 is 1.75 bits per heavy atom. The van der Waals surface area contributed by atoms with Crippen LogP contribution < -0.4 is 43.4 Å². The van der Waals surface area contributed by atoms with E-state index in [1.165, 1.54) is 16.7 Å². The van der Waals surface area contributed by atoms with Crippen molar-refractivity contribution in [2.75, 3.05) is 32.7 Å². The normalized spacial score (nSPS) is 18.3. The Hall–Kier alpha value is -6.16. The third-order valence-corrected chi connectivity index (χ3v) is 10.8. The predicted molar refractivity (Wildman–Crippen MR) is 225 cm³/mol. The average molecular weight is 887 g/mol. The van der Waals surface area contributed by atoms with Gasteiger partial charge in [-0.05, 0) is 69.9 Å². The van der Waals surface area contributed by atoms with Crippen LogP contribution in [-0.2, 0) is 54.4 Å². The lowest BCUT2D eigenvalue weighted by Crippen LogP contribution is -2.58. The Labute approximate surface area is 365 Å². The summed E-state index contributed by atoms with van der Waals surface area (Å²) in [6.45, 7) is 4.43. The largest absolute Gasteiger partial charge is 0.481 e. The van der Waals surface area contributed by atoms with Gasteiger partial charge in [-0.3, -0.25) is 43.2 Å². The molecule has 2 saturated heterocycles. The molecule has 0 bridgehead atoms. The Balaban J connectivity index is 1.57. The fourth-order valence-electron chi connectivity index (χ4n) is 7.24. The molecule has 22 heteroatoms. The third-order valence-electron chi connectivity index (χ3n) is 10.8. The van der Waals surface area contributed by atoms with Crippen LogP contribution in [-0.4, -0.2) is 154 Å². The number of hydrogen-bond donors (Lipinski definition) is 10. The Morgan fingerprint density at radius 2 is 1.22 bits per heavy atom. The lowest BCUT2D eigenvalue weighted by molar-refractivity contribution is -0.144. The predicted octanol–water partition coefficient (Wildman–Crippen LogP) is -2.93. The van der Waals surface area contributed by atoms with Gasteiger partial charge < -0.3 is 63.4 Å². The molecule has 1 aromatic rings. The smallest absolute Gasteiger partial charge is 0.326 e. The number of likely N-dealkylation sites (tertiary alicyclic amines) is 2. The first kappa shape index (κ1) is 51.2. The second kappa shape index (κ2) is 25.1. The maximum atomic E-state index is 13.6. The van der Waals surface area contributed by atoms with Crippen molar-refractivity contribution in [2.24, 2.45) is 17.4 Å². The molecule has 2 heterocycles. The standard InChI is InChI=1S/C41H62N10O12/c1-23(2)34(43)40(61)51-18-10-14-29(51)37(58)46-24(3)39(60)50-17-9-15-30(50)38(59)49-27(20-33(54)55)36(57)45-21-31(52)47-26(13-7-8-16-42)35(56)44-22-32(53)48-28(41(62)63)19-25-11-5-4-6-12-25/h4-6,11-12,23-24,26-30,34H,7-10,13-22,42-43H2,1-3H3,(H,44,56)(H,45,57)(H,46,58)(H,47,52)(H,48,53)(H,49,59)(H,54,55)(H,62,63)/t24-,26-,27-,28-,29-,30-,34-/m0/s1. The highest BCUT2D eigenvalue weighted by molar-refractivity contribution is 5.98. The molecule has 7 atom stereocenters. The van der Waals surface area contributed by atoms with Crippen LogP contribution >= 0.6 is 0 Å². The number of carboxylic acid groups (broad SMARTS) is 2. The molecule has 348 valence electrons. The summed E-state index contributed by atoms with van der Waals surface area (Å²) in [6.07, 6.45) is 1.58. The van der Waals surface area contributed by atoms with Crippen LogP contribution in [0.15, 0.2) is 30.3 Å². The molecule has 63 heavy (non-hydrogen) atoms. The highest BCUT2D eigenvalue weighted by Crippen LogP contribution is 2.22. The number of benzene rings is 1. The molecular formula is C41H62N10O12. The molecule has 0 aliphatic carbocycles. The summed E-state index contributed by atoms with van der Waals surface area (Å²) in [5.41, 5.74) is 12.3. The van der Waals surface area contributed by atoms with E-state index < -0.39 is 115 Å². The van der Waals surface area contributed by atoms with Gasteiger partial charge in [0, 0.05) is 19.5 Å². The van der Waals surface area contributed by atoms with Crippen LogP contribution in [0, 0.1) is 5.92 Å². The van der Waals surface area contributed by atoms with Gasteiger partial charge in [0.2, 0.25) is 47.3 Å². The molecule has 0 aromatic heterocycles. The van der Waals surface area contributed by atoms with E-state index in [1.54, 1.807) is 44.2 Å². The minimum Gasteiger partial charge on any atom is -0.481 e. The molecule has 1 aromatic carbocycles. The van der Waals surface area contributed by atoms with Crippen molar-refractivity contribution in [2.45, 2.75) is 121 Å². The van der Waals surface area contributed by atoms with E-state index in [0.717, 1.165) is 0 Å². The van der Waals surface area contributed by atoms with Gasteiger partial charge in [0.05, 0.1) is 25.6 Å². The third kappa shape index (κ3) is 15.9. The first-order chi connectivity index (χ1) is 29.8. The Bertz CT molecular complexity index is 1810. The fourth-order valence-corrected chi connectivity index (χ4v) is 7.24. The lowest BCUT2D eigenvalue weighted by atomic mass is 10.0. The molecule has 12 N–H and O–H groups in total. The van der Waals surface area contributed by atoms with E-state index in [-0.39, 0.29) is 44.2 Å². The molecule has 8 amide bonds. The molecule has 2 aliphatic rings. The molecule has 22 nitrogen and oxygen atoms in total. The zero-order valence-corrected chi connectivity index (χ0v) is 35.9. The number of nitrogens with zero attached hydrogens (tertiary/aromatic N) is 2. The van der Waals surface area contributed by atoms with Crippen LogP contribution in [0.2, 0.25) is 0 Å². The van der Waals surface area contributed by atoms with Crippen molar-refractivity contribution >= 4 is 59.2 Å². The molecule has 0 unspecified atom stereocenters. The molecule has 3 rings (SSSR count). The van der Waals surface area contributed by atoms with E-state index in [9.17, 15) is 58.2 Å². The number of unbranched alkanes of at least 4 members (excludes halogenated alkanes) is 1. The first-order valence-electron chi connectivity index (χ1n) is 21.1. The molecule has 0 radical (unpaired) electrons. The number of carbonyl (C=O) groups is 10. The highest BCUT2D eigenvalue weighted by Gasteiger charge is 2.41. The molecule has 2 fully saturated rings. The number of aliphatic carboxylic acids is 2. The summed E-state index contributed by atoms with van der Waals surface area (Å²) in [6, 6.07) is 0.594. The second-order valence-corrected chi connectivity index (χ2v) is 16.0. The summed E-state index contributed by atoms with van der Waals surface area (Å²) in [5.74, 6) is -8.73. The Kier molecular flexibility index (Phi) is 20.4.